The van der Waals surface area contributed by atoms with Crippen LogP contribution < -0.4 is 4.90 Å². The van der Waals surface area contributed by atoms with E-state index in [1.807, 2.05) is 18.7 Å². The van der Waals surface area contributed by atoms with Crippen molar-refractivity contribution < 1.29 is 18.1 Å². The SMILES string of the molecule is C[C@@H]1CN(S(=O)(=O)N2CCN(c3ccc([N+](=O)[O-])cc3)CC2)C[C@@H](C)O1. The summed E-state index contributed by atoms with van der Waals surface area (Å²) < 4.78 is 34.4. The number of anilines is 1. The van der Waals surface area contributed by atoms with Crippen LogP contribution in [0.25, 0.3) is 0 Å². The molecule has 0 unspecified atom stereocenters. The van der Waals surface area contributed by atoms with Gasteiger partial charge in [0.25, 0.3) is 15.9 Å². The number of nitrogens with zero attached hydrogens (tertiary/aromatic N) is 4. The number of hydrogen-bond donors (Lipinski definition) is 0. The van der Waals surface area contributed by atoms with Gasteiger partial charge >= 0.3 is 0 Å². The summed E-state index contributed by atoms with van der Waals surface area (Å²) in [6.07, 6.45) is -0.232. The Morgan fingerprint density at radius 3 is 2.04 bits per heavy atom. The molecule has 10 heteroatoms. The van der Waals surface area contributed by atoms with Crippen molar-refractivity contribution in [2.24, 2.45) is 0 Å². The monoisotopic (exact) mass is 384 g/mol. The standard InChI is InChI=1S/C16H24N4O5S/c1-13-11-19(12-14(2)25-13)26(23,24)18-9-7-17(8-10-18)15-3-5-16(6-4-15)20(21)22/h3-6,13-14H,7-12H2,1-2H3/t13-,14-/m1/s1. The molecule has 3 rings (SSSR count). The number of piperazine rings is 1. The van der Waals surface area contributed by atoms with E-state index >= 15 is 0 Å². The van der Waals surface area contributed by atoms with Gasteiger partial charge in [0, 0.05) is 57.1 Å². The van der Waals surface area contributed by atoms with E-state index in [1.165, 1.54) is 20.7 Å². The maximum atomic E-state index is 12.9. The van der Waals surface area contributed by atoms with Gasteiger partial charge in [0.2, 0.25) is 0 Å². The predicted molar refractivity (Wildman–Crippen MR) is 97.4 cm³/mol. The van der Waals surface area contributed by atoms with Gasteiger partial charge in [-0.1, -0.05) is 0 Å². The first-order chi connectivity index (χ1) is 12.3. The van der Waals surface area contributed by atoms with E-state index < -0.39 is 15.1 Å². The van der Waals surface area contributed by atoms with Gasteiger partial charge in [0.1, 0.15) is 0 Å². The van der Waals surface area contributed by atoms with Crippen molar-refractivity contribution in [3.05, 3.63) is 34.4 Å². The van der Waals surface area contributed by atoms with Crippen LogP contribution in [-0.2, 0) is 14.9 Å². The maximum Gasteiger partial charge on any atom is 0.282 e. The lowest BCUT2D eigenvalue weighted by atomic mass is 10.2. The van der Waals surface area contributed by atoms with Gasteiger partial charge in [-0.3, -0.25) is 10.1 Å². The summed E-state index contributed by atoms with van der Waals surface area (Å²) in [5, 5.41) is 10.7. The highest BCUT2D eigenvalue weighted by Gasteiger charge is 2.36. The molecule has 2 aliphatic rings. The van der Waals surface area contributed by atoms with Crippen LogP contribution in [0.15, 0.2) is 24.3 Å². The molecule has 1 aromatic rings. The van der Waals surface area contributed by atoms with Crippen molar-refractivity contribution in [1.29, 1.82) is 0 Å². The van der Waals surface area contributed by atoms with E-state index in [0.717, 1.165) is 5.69 Å². The fraction of sp³-hybridized carbons (Fsp3) is 0.625. The Balaban J connectivity index is 1.63. The second-order valence-electron chi connectivity index (χ2n) is 6.74. The lowest BCUT2D eigenvalue weighted by Gasteiger charge is -2.40. The first-order valence-corrected chi connectivity index (χ1v) is 10.1. The number of morpholine rings is 1. The van der Waals surface area contributed by atoms with E-state index in [1.54, 1.807) is 12.1 Å². The summed E-state index contributed by atoms with van der Waals surface area (Å²) in [4.78, 5) is 12.4. The zero-order valence-corrected chi connectivity index (χ0v) is 15.8. The lowest BCUT2D eigenvalue weighted by Crippen LogP contribution is -2.57. The summed E-state index contributed by atoms with van der Waals surface area (Å²) in [6.45, 7) is 6.37. The Kier molecular flexibility index (Phi) is 5.47. The third kappa shape index (κ3) is 3.98. The minimum absolute atomic E-state index is 0.0468. The van der Waals surface area contributed by atoms with Crippen molar-refractivity contribution in [1.82, 2.24) is 8.61 Å². The molecule has 26 heavy (non-hydrogen) atoms. The second-order valence-corrected chi connectivity index (χ2v) is 8.67. The fourth-order valence-corrected chi connectivity index (χ4v) is 5.19. The van der Waals surface area contributed by atoms with Crippen LogP contribution in [0, 0.1) is 10.1 Å². The summed E-state index contributed by atoms with van der Waals surface area (Å²) in [6, 6.07) is 6.34. The number of nitro groups is 1. The molecule has 0 amide bonds. The first kappa shape index (κ1) is 19.0. The Morgan fingerprint density at radius 1 is 1.00 bits per heavy atom. The molecule has 0 bridgehead atoms. The predicted octanol–water partition coefficient (Wildman–Crippen LogP) is 1.07. The van der Waals surface area contributed by atoms with Crippen LogP contribution in [-0.4, -0.2) is 73.4 Å². The molecular weight excluding hydrogens is 360 g/mol. The van der Waals surface area contributed by atoms with Crippen molar-refractivity contribution in [3.8, 4) is 0 Å². The Hall–Kier alpha value is -1.75. The van der Waals surface area contributed by atoms with E-state index in [2.05, 4.69) is 0 Å². The van der Waals surface area contributed by atoms with E-state index in [-0.39, 0.29) is 17.9 Å². The van der Waals surface area contributed by atoms with Gasteiger partial charge in [-0.25, -0.2) is 0 Å². The summed E-state index contributed by atoms with van der Waals surface area (Å²) in [5.41, 5.74) is 0.909. The minimum Gasteiger partial charge on any atom is -0.373 e. The Bertz CT molecular complexity index is 736. The summed E-state index contributed by atoms with van der Waals surface area (Å²) >= 11 is 0. The molecular formula is C16H24N4O5S. The molecule has 2 heterocycles. The van der Waals surface area contributed by atoms with Gasteiger partial charge in [-0.15, -0.1) is 0 Å². The zero-order chi connectivity index (χ0) is 18.9. The maximum absolute atomic E-state index is 12.9. The molecule has 0 N–H and O–H groups in total. The van der Waals surface area contributed by atoms with Gasteiger partial charge < -0.3 is 9.64 Å². The molecule has 2 atom stereocenters. The molecule has 0 aliphatic carbocycles. The van der Waals surface area contributed by atoms with Gasteiger partial charge in [0.15, 0.2) is 0 Å². The van der Waals surface area contributed by atoms with Crippen molar-refractivity contribution in [2.75, 3.05) is 44.2 Å². The highest BCUT2D eigenvalue weighted by atomic mass is 32.2. The smallest absolute Gasteiger partial charge is 0.282 e. The molecule has 9 nitrogen and oxygen atoms in total. The molecule has 144 valence electrons. The summed E-state index contributed by atoms with van der Waals surface area (Å²) in [5.74, 6) is 0. The topological polar surface area (TPSA) is 96.2 Å². The largest absolute Gasteiger partial charge is 0.373 e. The number of hydrogen-bond acceptors (Lipinski definition) is 6. The molecule has 0 spiro atoms. The number of benzene rings is 1. The van der Waals surface area contributed by atoms with Crippen LogP contribution in [0.4, 0.5) is 11.4 Å². The average Bonchev–Trinajstić information content (AvgIpc) is 2.61. The molecule has 0 aromatic heterocycles. The van der Waals surface area contributed by atoms with E-state index in [9.17, 15) is 18.5 Å². The number of nitro benzene ring substituents is 1. The Morgan fingerprint density at radius 2 is 1.54 bits per heavy atom. The highest BCUT2D eigenvalue weighted by molar-refractivity contribution is 7.86. The molecule has 0 saturated carbocycles. The third-order valence-electron chi connectivity index (χ3n) is 4.70. The van der Waals surface area contributed by atoms with Gasteiger partial charge in [0.05, 0.1) is 17.1 Å². The molecule has 2 fully saturated rings. The van der Waals surface area contributed by atoms with E-state index in [4.69, 9.17) is 4.74 Å². The first-order valence-electron chi connectivity index (χ1n) is 8.67. The van der Waals surface area contributed by atoms with Crippen LogP contribution in [0.1, 0.15) is 13.8 Å². The van der Waals surface area contributed by atoms with Crippen LogP contribution in [0.2, 0.25) is 0 Å². The molecule has 2 saturated heterocycles. The minimum atomic E-state index is -3.50. The average molecular weight is 384 g/mol. The van der Waals surface area contributed by atoms with Crippen LogP contribution >= 0.6 is 0 Å². The molecule has 0 radical (unpaired) electrons. The third-order valence-corrected chi connectivity index (χ3v) is 6.67. The number of rotatable bonds is 4. The van der Waals surface area contributed by atoms with Crippen molar-refractivity contribution in [2.45, 2.75) is 26.1 Å². The quantitative estimate of drug-likeness (QED) is 0.569. The molecule has 2 aliphatic heterocycles. The van der Waals surface area contributed by atoms with Crippen molar-refractivity contribution in [3.63, 3.8) is 0 Å². The Labute approximate surface area is 153 Å². The highest BCUT2D eigenvalue weighted by Crippen LogP contribution is 2.23. The lowest BCUT2D eigenvalue weighted by molar-refractivity contribution is -0.384. The number of non-ortho nitro benzene ring substituents is 1. The van der Waals surface area contributed by atoms with E-state index in [0.29, 0.717) is 39.3 Å². The number of ether oxygens (including phenoxy) is 1. The fourth-order valence-electron chi connectivity index (χ4n) is 3.44. The van der Waals surface area contributed by atoms with Crippen LogP contribution in [0.5, 0.6) is 0 Å². The normalized spacial score (nSPS) is 26.0. The van der Waals surface area contributed by atoms with Crippen molar-refractivity contribution >= 4 is 21.6 Å². The summed E-state index contributed by atoms with van der Waals surface area (Å²) in [7, 11) is -3.50. The zero-order valence-electron chi connectivity index (χ0n) is 14.9. The molecule has 1 aromatic carbocycles. The van der Waals surface area contributed by atoms with Crippen LogP contribution in [0.3, 0.4) is 0 Å². The second kappa shape index (κ2) is 7.47. The van der Waals surface area contributed by atoms with Gasteiger partial charge in [-0.2, -0.15) is 17.0 Å². The van der Waals surface area contributed by atoms with Gasteiger partial charge in [-0.05, 0) is 26.0 Å².